The van der Waals surface area contributed by atoms with Crippen molar-refractivity contribution in [2.24, 2.45) is 35.3 Å². The standard InChI is InChI=1S/C17H27N3/c1-2-14-9-19-17(20-14)15(8-18)16-12-4-10-3-11(6-12)7-13(16)5-10/h9-13,15-16H,2-8,18H2,1H3,(H,19,20). The number of nitrogens with zero attached hydrogens (tertiary/aromatic N) is 1. The fraction of sp³-hybridized carbons (Fsp3) is 0.824. The van der Waals surface area contributed by atoms with Gasteiger partial charge in [-0.3, -0.25) is 0 Å². The number of aryl methyl sites for hydroxylation is 1. The van der Waals surface area contributed by atoms with Gasteiger partial charge >= 0.3 is 0 Å². The Kier molecular flexibility index (Phi) is 3.13. The van der Waals surface area contributed by atoms with E-state index in [1.165, 1.54) is 43.6 Å². The molecule has 3 nitrogen and oxygen atoms in total. The SMILES string of the molecule is CCc1cnc(C(CN)C2C3CC4CC(C3)CC2C4)[nH]1. The zero-order valence-electron chi connectivity index (χ0n) is 12.5. The number of nitrogens with two attached hydrogens (primary N) is 1. The van der Waals surface area contributed by atoms with Crippen molar-refractivity contribution >= 4 is 0 Å². The largest absolute Gasteiger partial charge is 0.346 e. The number of nitrogens with one attached hydrogen (secondary N) is 1. The van der Waals surface area contributed by atoms with Crippen LogP contribution in [0.4, 0.5) is 0 Å². The van der Waals surface area contributed by atoms with Gasteiger partial charge in [0.25, 0.3) is 0 Å². The van der Waals surface area contributed by atoms with Crippen LogP contribution in [0.5, 0.6) is 0 Å². The van der Waals surface area contributed by atoms with Gasteiger partial charge in [0.1, 0.15) is 5.82 Å². The van der Waals surface area contributed by atoms with Crippen molar-refractivity contribution in [3.05, 3.63) is 17.7 Å². The molecule has 110 valence electrons. The maximum Gasteiger partial charge on any atom is 0.110 e. The minimum absolute atomic E-state index is 0.463. The zero-order valence-corrected chi connectivity index (χ0v) is 12.5. The molecule has 1 aromatic heterocycles. The summed E-state index contributed by atoms with van der Waals surface area (Å²) in [6, 6.07) is 0. The first-order chi connectivity index (χ1) is 9.78. The number of rotatable bonds is 4. The molecule has 4 aliphatic rings. The van der Waals surface area contributed by atoms with Crippen molar-refractivity contribution in [1.82, 2.24) is 9.97 Å². The normalized spacial score (nSPS) is 40.2. The molecule has 0 spiro atoms. The van der Waals surface area contributed by atoms with E-state index < -0.39 is 0 Å². The number of aromatic amines is 1. The number of aromatic nitrogens is 2. The Morgan fingerprint density at radius 3 is 2.35 bits per heavy atom. The summed E-state index contributed by atoms with van der Waals surface area (Å²) in [6.45, 7) is 2.93. The first-order valence-electron chi connectivity index (χ1n) is 8.52. The highest BCUT2D eigenvalue weighted by atomic mass is 14.9. The third-order valence-electron chi connectivity index (χ3n) is 6.40. The highest BCUT2D eigenvalue weighted by Gasteiger charge is 2.50. The number of hydrogen-bond acceptors (Lipinski definition) is 2. The summed E-state index contributed by atoms with van der Waals surface area (Å²) < 4.78 is 0. The van der Waals surface area contributed by atoms with Gasteiger partial charge in [-0.2, -0.15) is 0 Å². The second-order valence-electron chi connectivity index (χ2n) is 7.50. The van der Waals surface area contributed by atoms with E-state index in [0.717, 1.165) is 42.6 Å². The molecular weight excluding hydrogens is 246 g/mol. The Labute approximate surface area is 121 Å². The molecule has 3 heteroatoms. The molecule has 0 amide bonds. The highest BCUT2D eigenvalue weighted by Crippen LogP contribution is 2.59. The second kappa shape index (κ2) is 4.87. The predicted octanol–water partition coefficient (Wildman–Crippen LogP) is 3.09. The van der Waals surface area contributed by atoms with Crippen LogP contribution in [-0.4, -0.2) is 16.5 Å². The van der Waals surface area contributed by atoms with Gasteiger partial charge in [-0.25, -0.2) is 4.98 Å². The summed E-state index contributed by atoms with van der Waals surface area (Å²) in [7, 11) is 0. The van der Waals surface area contributed by atoms with Gasteiger partial charge in [-0.1, -0.05) is 6.92 Å². The molecule has 1 unspecified atom stereocenters. The first-order valence-corrected chi connectivity index (χ1v) is 8.52. The maximum absolute atomic E-state index is 6.18. The molecule has 3 N–H and O–H groups in total. The van der Waals surface area contributed by atoms with Crippen LogP contribution < -0.4 is 5.73 Å². The van der Waals surface area contributed by atoms with E-state index in [-0.39, 0.29) is 0 Å². The lowest BCUT2D eigenvalue weighted by atomic mass is 9.49. The number of H-pyrrole nitrogens is 1. The Morgan fingerprint density at radius 2 is 1.85 bits per heavy atom. The fourth-order valence-electron chi connectivity index (χ4n) is 5.82. The smallest absolute Gasteiger partial charge is 0.110 e. The Bertz CT molecular complexity index is 450. The summed E-state index contributed by atoms with van der Waals surface area (Å²) >= 11 is 0. The lowest BCUT2D eigenvalue weighted by Crippen LogP contribution is -2.48. The van der Waals surface area contributed by atoms with Crippen molar-refractivity contribution in [3.63, 3.8) is 0 Å². The molecule has 0 aliphatic heterocycles. The third kappa shape index (κ3) is 1.93. The van der Waals surface area contributed by atoms with E-state index >= 15 is 0 Å². The van der Waals surface area contributed by atoms with Crippen LogP contribution in [0.3, 0.4) is 0 Å². The molecule has 20 heavy (non-hydrogen) atoms. The summed E-state index contributed by atoms with van der Waals surface area (Å²) in [4.78, 5) is 8.19. The average molecular weight is 273 g/mol. The van der Waals surface area contributed by atoms with E-state index in [4.69, 9.17) is 5.73 Å². The Morgan fingerprint density at radius 1 is 1.20 bits per heavy atom. The van der Waals surface area contributed by atoms with Crippen LogP contribution in [0.15, 0.2) is 6.20 Å². The van der Waals surface area contributed by atoms with Gasteiger partial charge in [-0.15, -0.1) is 0 Å². The molecule has 5 rings (SSSR count). The zero-order chi connectivity index (χ0) is 13.7. The molecule has 4 saturated carbocycles. The van der Waals surface area contributed by atoms with Gasteiger partial charge in [0.2, 0.25) is 0 Å². The van der Waals surface area contributed by atoms with Crippen LogP contribution in [0.1, 0.15) is 56.5 Å². The molecular formula is C17H27N3. The lowest BCUT2D eigenvalue weighted by molar-refractivity contribution is -0.0477. The second-order valence-corrected chi connectivity index (χ2v) is 7.50. The van der Waals surface area contributed by atoms with Crippen molar-refractivity contribution in [3.8, 4) is 0 Å². The Hall–Kier alpha value is -0.830. The average Bonchev–Trinajstić information content (AvgIpc) is 2.90. The minimum atomic E-state index is 0.463. The molecule has 1 heterocycles. The van der Waals surface area contributed by atoms with Crippen molar-refractivity contribution in [2.45, 2.75) is 51.4 Å². The topological polar surface area (TPSA) is 54.7 Å². The van der Waals surface area contributed by atoms with Gasteiger partial charge in [-0.05, 0) is 68.1 Å². The van der Waals surface area contributed by atoms with Crippen LogP contribution in [0, 0.1) is 29.6 Å². The predicted molar refractivity (Wildman–Crippen MR) is 80.3 cm³/mol. The summed E-state index contributed by atoms with van der Waals surface area (Å²) in [6.07, 6.45) is 10.4. The summed E-state index contributed by atoms with van der Waals surface area (Å²) in [5.74, 6) is 6.35. The van der Waals surface area contributed by atoms with Gasteiger partial charge < -0.3 is 10.7 Å². The molecule has 0 radical (unpaired) electrons. The van der Waals surface area contributed by atoms with E-state index in [0.29, 0.717) is 5.92 Å². The highest BCUT2D eigenvalue weighted by molar-refractivity contribution is 5.11. The monoisotopic (exact) mass is 273 g/mol. The fourth-order valence-corrected chi connectivity index (χ4v) is 5.82. The number of hydrogen-bond donors (Lipinski definition) is 2. The third-order valence-corrected chi connectivity index (χ3v) is 6.40. The molecule has 4 bridgehead atoms. The van der Waals surface area contributed by atoms with Crippen LogP contribution >= 0.6 is 0 Å². The van der Waals surface area contributed by atoms with Crippen molar-refractivity contribution in [2.75, 3.05) is 6.54 Å². The quantitative estimate of drug-likeness (QED) is 0.885. The van der Waals surface area contributed by atoms with E-state index in [2.05, 4.69) is 16.9 Å². The van der Waals surface area contributed by atoms with Crippen LogP contribution in [0.2, 0.25) is 0 Å². The minimum Gasteiger partial charge on any atom is -0.346 e. The molecule has 0 saturated heterocycles. The summed E-state index contributed by atoms with van der Waals surface area (Å²) in [5, 5.41) is 0. The summed E-state index contributed by atoms with van der Waals surface area (Å²) in [5.41, 5.74) is 7.43. The molecule has 4 aliphatic carbocycles. The van der Waals surface area contributed by atoms with Gasteiger partial charge in [0.05, 0.1) is 0 Å². The van der Waals surface area contributed by atoms with E-state index in [1.807, 2.05) is 6.20 Å². The molecule has 1 aromatic rings. The van der Waals surface area contributed by atoms with E-state index in [1.54, 1.807) is 0 Å². The van der Waals surface area contributed by atoms with Gasteiger partial charge in [0, 0.05) is 24.4 Å². The first kappa shape index (κ1) is 12.9. The maximum atomic E-state index is 6.18. The Balaban J connectivity index is 1.61. The number of imidazole rings is 1. The molecule has 1 atom stereocenters. The van der Waals surface area contributed by atoms with Gasteiger partial charge in [0.15, 0.2) is 0 Å². The van der Waals surface area contributed by atoms with Crippen LogP contribution in [0.25, 0.3) is 0 Å². The molecule has 0 aromatic carbocycles. The van der Waals surface area contributed by atoms with E-state index in [9.17, 15) is 0 Å². The lowest BCUT2D eigenvalue weighted by Gasteiger charge is -2.56. The van der Waals surface area contributed by atoms with Crippen molar-refractivity contribution in [1.29, 1.82) is 0 Å². The van der Waals surface area contributed by atoms with Crippen molar-refractivity contribution < 1.29 is 0 Å². The van der Waals surface area contributed by atoms with Crippen LogP contribution in [-0.2, 0) is 6.42 Å². The molecule has 4 fully saturated rings.